The molecule has 1 aromatic carbocycles. The third-order valence-electron chi connectivity index (χ3n) is 8.77. The van der Waals surface area contributed by atoms with Crippen LogP contribution >= 0.6 is 11.3 Å². The first-order valence-electron chi connectivity index (χ1n) is 16.6. The molecular formula is C35H47N5O7S. The van der Waals surface area contributed by atoms with Crippen molar-refractivity contribution in [2.75, 3.05) is 19.6 Å². The summed E-state index contributed by atoms with van der Waals surface area (Å²) in [6.45, 7) is 14.2. The van der Waals surface area contributed by atoms with Gasteiger partial charge in [-0.1, -0.05) is 38.1 Å². The molecule has 0 spiro atoms. The number of aliphatic hydroxyl groups is 1. The number of β-amino-alcohol motifs (C(OH)–C–C–N with tert-alkyl or cyclic N) is 1. The normalized spacial score (nSPS) is 20.1. The van der Waals surface area contributed by atoms with E-state index in [1.54, 1.807) is 22.3 Å². The monoisotopic (exact) mass is 681 g/mol. The van der Waals surface area contributed by atoms with E-state index >= 15 is 0 Å². The number of carbonyl (C=O) groups is 3. The Bertz CT molecular complexity index is 1570. The standard InChI is InChI=1S/C35H47N5O7S/c1-20(2)30(28-17-29(38-47-28)45-26-12-14-39(15-13-26)34(44)46-35(5,6)7)33(43)40-18-25(41)16-27(40)32(42)37-21(3)23-8-10-24(11-9-23)31-22(4)36-19-48-31/h8-11,17,19-21,25-27,30,41H,12-16,18H2,1-7H3,(H,37,42)/t21-,25+,27-,30?/m0/s1. The lowest BCUT2D eigenvalue weighted by atomic mass is 9.91. The van der Waals surface area contributed by atoms with Crippen LogP contribution in [0.15, 0.2) is 40.4 Å². The van der Waals surface area contributed by atoms with Crippen molar-refractivity contribution in [2.24, 2.45) is 5.92 Å². The third kappa shape index (κ3) is 8.35. The van der Waals surface area contributed by atoms with E-state index in [4.69, 9.17) is 14.0 Å². The molecule has 4 atom stereocenters. The summed E-state index contributed by atoms with van der Waals surface area (Å²) in [6, 6.07) is 8.48. The molecule has 5 rings (SSSR count). The molecule has 260 valence electrons. The first kappa shape index (κ1) is 35.3. The number of aryl methyl sites for hydroxylation is 1. The fraction of sp³-hybridized carbons (Fsp3) is 0.571. The van der Waals surface area contributed by atoms with E-state index in [1.165, 1.54) is 4.90 Å². The average Bonchev–Trinajstić information content (AvgIpc) is 3.76. The van der Waals surface area contributed by atoms with Gasteiger partial charge in [-0.05, 0) is 56.8 Å². The maximum absolute atomic E-state index is 14.0. The van der Waals surface area contributed by atoms with E-state index in [2.05, 4.69) is 15.5 Å². The van der Waals surface area contributed by atoms with Crippen molar-refractivity contribution in [3.63, 3.8) is 0 Å². The fourth-order valence-corrected chi connectivity index (χ4v) is 7.05. The first-order chi connectivity index (χ1) is 22.7. The van der Waals surface area contributed by atoms with Gasteiger partial charge in [0.15, 0.2) is 5.76 Å². The summed E-state index contributed by atoms with van der Waals surface area (Å²) in [5.74, 6) is -0.952. The minimum Gasteiger partial charge on any atom is -0.472 e. The van der Waals surface area contributed by atoms with Gasteiger partial charge >= 0.3 is 6.09 Å². The maximum atomic E-state index is 14.0. The highest BCUT2D eigenvalue weighted by atomic mass is 32.1. The van der Waals surface area contributed by atoms with Crippen LogP contribution in [0, 0.1) is 12.8 Å². The SMILES string of the molecule is Cc1ncsc1-c1ccc([C@H](C)NC(=O)[C@@H]2C[C@@H](O)CN2C(=O)C(c2cc(OC3CCN(C(=O)OC(C)(C)C)CC3)no2)C(C)C)cc1. The summed E-state index contributed by atoms with van der Waals surface area (Å²) >= 11 is 1.59. The Labute approximate surface area is 285 Å². The van der Waals surface area contributed by atoms with Crippen molar-refractivity contribution < 1.29 is 33.5 Å². The zero-order valence-corrected chi connectivity index (χ0v) is 29.6. The number of ether oxygens (including phenoxy) is 2. The molecule has 2 fully saturated rings. The smallest absolute Gasteiger partial charge is 0.410 e. The molecule has 2 N–H and O–H groups in total. The van der Waals surface area contributed by atoms with E-state index in [9.17, 15) is 19.5 Å². The number of carbonyl (C=O) groups excluding carboxylic acids is 3. The maximum Gasteiger partial charge on any atom is 0.410 e. The number of amides is 3. The van der Waals surface area contributed by atoms with Crippen molar-refractivity contribution in [3.8, 4) is 16.3 Å². The number of rotatable bonds is 9. The van der Waals surface area contributed by atoms with E-state index in [0.29, 0.717) is 31.7 Å². The van der Waals surface area contributed by atoms with E-state index < -0.39 is 23.7 Å². The highest BCUT2D eigenvalue weighted by Crippen LogP contribution is 2.34. The predicted octanol–water partition coefficient (Wildman–Crippen LogP) is 5.46. The lowest BCUT2D eigenvalue weighted by Gasteiger charge is -2.33. The molecule has 2 aliphatic heterocycles. The molecule has 12 nitrogen and oxygen atoms in total. The summed E-state index contributed by atoms with van der Waals surface area (Å²) in [5.41, 5.74) is 4.23. The van der Waals surface area contributed by atoms with Gasteiger partial charge in [-0.2, -0.15) is 0 Å². The zero-order valence-electron chi connectivity index (χ0n) is 28.8. The van der Waals surface area contributed by atoms with Gasteiger partial charge in [-0.15, -0.1) is 11.3 Å². The Balaban J connectivity index is 1.20. The molecule has 0 saturated carbocycles. The van der Waals surface area contributed by atoms with Crippen LogP contribution in [0.5, 0.6) is 5.88 Å². The van der Waals surface area contributed by atoms with Gasteiger partial charge in [0.2, 0.25) is 11.8 Å². The van der Waals surface area contributed by atoms with E-state index in [1.807, 2.05) is 78.2 Å². The van der Waals surface area contributed by atoms with Gasteiger partial charge in [0.1, 0.15) is 23.7 Å². The molecule has 3 aromatic rings. The Morgan fingerprint density at radius 3 is 2.40 bits per heavy atom. The number of hydrogen-bond acceptors (Lipinski definition) is 10. The fourth-order valence-electron chi connectivity index (χ4n) is 6.24. The average molecular weight is 682 g/mol. The molecule has 48 heavy (non-hydrogen) atoms. The largest absolute Gasteiger partial charge is 0.472 e. The van der Waals surface area contributed by atoms with Crippen molar-refractivity contribution >= 4 is 29.2 Å². The molecule has 4 heterocycles. The molecule has 0 aliphatic carbocycles. The quantitative estimate of drug-likeness (QED) is 0.300. The lowest BCUT2D eigenvalue weighted by molar-refractivity contribution is -0.141. The molecule has 13 heteroatoms. The minimum absolute atomic E-state index is 0.0468. The van der Waals surface area contributed by atoms with Crippen molar-refractivity contribution in [3.05, 3.63) is 52.9 Å². The molecular weight excluding hydrogens is 634 g/mol. The van der Waals surface area contributed by atoms with Crippen molar-refractivity contribution in [1.82, 2.24) is 25.3 Å². The summed E-state index contributed by atoms with van der Waals surface area (Å²) in [6.07, 6.45) is 0.00983. The Morgan fingerprint density at radius 2 is 1.79 bits per heavy atom. The third-order valence-corrected chi connectivity index (χ3v) is 9.75. The molecule has 3 amide bonds. The second kappa shape index (κ2) is 14.7. The molecule has 1 unspecified atom stereocenters. The van der Waals surface area contributed by atoms with Gasteiger partial charge in [-0.3, -0.25) is 9.59 Å². The number of likely N-dealkylation sites (tertiary alicyclic amines) is 2. The molecule has 0 radical (unpaired) electrons. The molecule has 2 aromatic heterocycles. The highest BCUT2D eigenvalue weighted by Gasteiger charge is 2.43. The summed E-state index contributed by atoms with van der Waals surface area (Å²) in [7, 11) is 0. The molecule has 2 saturated heterocycles. The molecule has 0 bridgehead atoms. The number of piperidine rings is 1. The van der Waals surface area contributed by atoms with Crippen LogP contribution in [0.1, 0.15) is 89.8 Å². The highest BCUT2D eigenvalue weighted by molar-refractivity contribution is 7.13. The topological polar surface area (TPSA) is 147 Å². The van der Waals surface area contributed by atoms with Crippen LogP contribution in [0.25, 0.3) is 10.4 Å². The second-order valence-corrected chi connectivity index (χ2v) is 14.9. The van der Waals surface area contributed by atoms with E-state index in [-0.39, 0.29) is 54.8 Å². The number of aliphatic hydroxyl groups excluding tert-OH is 1. The lowest BCUT2D eigenvalue weighted by Crippen LogP contribution is -2.48. The molecule has 2 aliphatic rings. The predicted molar refractivity (Wildman–Crippen MR) is 181 cm³/mol. The number of thiazole rings is 1. The summed E-state index contributed by atoms with van der Waals surface area (Å²) in [4.78, 5) is 48.6. The van der Waals surface area contributed by atoms with Gasteiger partial charge < -0.3 is 34.2 Å². The first-order valence-corrected chi connectivity index (χ1v) is 17.5. The minimum atomic E-state index is -0.830. The van der Waals surface area contributed by atoms with E-state index in [0.717, 1.165) is 21.7 Å². The van der Waals surface area contributed by atoms with Gasteiger partial charge in [0.05, 0.1) is 28.2 Å². The number of nitrogens with one attached hydrogen (secondary N) is 1. The van der Waals surface area contributed by atoms with Gasteiger partial charge in [0.25, 0.3) is 5.88 Å². The van der Waals surface area contributed by atoms with Crippen LogP contribution in [0.2, 0.25) is 0 Å². The van der Waals surface area contributed by atoms with Crippen LogP contribution in [-0.4, -0.2) is 86.4 Å². The number of benzene rings is 1. The summed E-state index contributed by atoms with van der Waals surface area (Å²) in [5, 5.41) is 17.7. The number of nitrogens with zero attached hydrogens (tertiary/aromatic N) is 4. The summed E-state index contributed by atoms with van der Waals surface area (Å²) < 4.78 is 17.2. The van der Waals surface area contributed by atoms with Gasteiger partial charge in [0, 0.05) is 45.0 Å². The van der Waals surface area contributed by atoms with Gasteiger partial charge in [-0.25, -0.2) is 9.78 Å². The zero-order chi connectivity index (χ0) is 34.7. The van der Waals surface area contributed by atoms with Crippen LogP contribution in [0.4, 0.5) is 4.79 Å². The Hall–Kier alpha value is -3.97. The number of hydrogen-bond donors (Lipinski definition) is 2. The Morgan fingerprint density at radius 1 is 1.10 bits per heavy atom. The Kier molecular flexibility index (Phi) is 10.8. The van der Waals surface area contributed by atoms with Crippen LogP contribution in [0.3, 0.4) is 0 Å². The van der Waals surface area contributed by atoms with Crippen LogP contribution < -0.4 is 10.1 Å². The number of aromatic nitrogens is 2. The van der Waals surface area contributed by atoms with Crippen molar-refractivity contribution in [2.45, 2.75) is 104 Å². The van der Waals surface area contributed by atoms with Crippen LogP contribution in [-0.2, 0) is 14.3 Å². The van der Waals surface area contributed by atoms with Crippen molar-refractivity contribution in [1.29, 1.82) is 0 Å². The second-order valence-electron chi connectivity index (χ2n) is 14.1.